The van der Waals surface area contributed by atoms with Crippen LogP contribution in [0.5, 0.6) is 0 Å². The summed E-state index contributed by atoms with van der Waals surface area (Å²) in [5.41, 5.74) is 3.28. The molecule has 2 aromatic rings. The van der Waals surface area contributed by atoms with Gasteiger partial charge < -0.3 is 5.32 Å². The van der Waals surface area contributed by atoms with Gasteiger partial charge in [-0.1, -0.05) is 11.6 Å². The Morgan fingerprint density at radius 3 is 2.70 bits per heavy atom. The lowest BCUT2D eigenvalue weighted by Crippen LogP contribution is -2.19. The number of likely N-dealkylation sites (N-methyl/N-ethyl adjacent to an activating group) is 1. The Morgan fingerprint density at radius 1 is 1.50 bits per heavy atom. The highest BCUT2D eigenvalue weighted by Gasteiger charge is 2.20. The molecule has 0 fully saturated rings. The molecule has 0 saturated heterocycles. The molecule has 2 aromatic heterocycles. The van der Waals surface area contributed by atoms with Crippen molar-refractivity contribution < 1.29 is 0 Å². The topological polar surface area (TPSA) is 29.9 Å². The molecular weight excluding hydrogens is 358 g/mol. The molecule has 0 aliphatic heterocycles. The fourth-order valence-electron chi connectivity index (χ4n) is 2.26. The maximum atomic E-state index is 6.40. The van der Waals surface area contributed by atoms with Crippen LogP contribution < -0.4 is 5.32 Å². The number of nitrogens with zero attached hydrogens (tertiary/aromatic N) is 2. The average molecular weight is 377 g/mol. The molecule has 110 valence electrons. The molecule has 0 saturated carbocycles. The summed E-state index contributed by atoms with van der Waals surface area (Å²) in [7, 11) is 1.99. The van der Waals surface area contributed by atoms with Crippen LogP contribution in [0.4, 0.5) is 0 Å². The zero-order valence-corrected chi connectivity index (χ0v) is 15.3. The molecule has 2 rings (SSSR count). The molecule has 6 heteroatoms. The summed E-state index contributed by atoms with van der Waals surface area (Å²) in [6, 6.07) is 2.48. The van der Waals surface area contributed by atoms with E-state index in [-0.39, 0.29) is 6.04 Å². The summed E-state index contributed by atoms with van der Waals surface area (Å²) in [6.45, 7) is 7.00. The largest absolute Gasteiger partial charge is 0.312 e. The van der Waals surface area contributed by atoms with Gasteiger partial charge in [-0.15, -0.1) is 11.3 Å². The van der Waals surface area contributed by atoms with Crippen LogP contribution in [0, 0.1) is 13.8 Å². The Labute approximate surface area is 137 Å². The number of nitrogens with one attached hydrogen (secondary N) is 1. The molecule has 0 aliphatic rings. The van der Waals surface area contributed by atoms with Crippen LogP contribution >= 0.6 is 38.9 Å². The van der Waals surface area contributed by atoms with Gasteiger partial charge in [-0.05, 0) is 55.4 Å². The van der Waals surface area contributed by atoms with Crippen molar-refractivity contribution in [1.29, 1.82) is 0 Å². The molecule has 1 N–H and O–H groups in total. The van der Waals surface area contributed by atoms with Gasteiger partial charge in [-0.3, -0.25) is 4.68 Å². The van der Waals surface area contributed by atoms with Crippen molar-refractivity contribution >= 4 is 38.9 Å². The van der Waals surface area contributed by atoms with Crippen LogP contribution in [0.2, 0.25) is 5.02 Å². The maximum Gasteiger partial charge on any atom is 0.0847 e. The Balaban J connectivity index is 2.31. The summed E-state index contributed by atoms with van der Waals surface area (Å²) < 4.78 is 3.19. The van der Waals surface area contributed by atoms with Gasteiger partial charge in [0, 0.05) is 23.9 Å². The molecule has 0 aliphatic carbocycles. The standard InChI is InChI=1S/C14H19BrClN3S/c1-5-19-11(13(16)9(3)18-19)7-10(17-4)12-6-8(2)14(15)20-12/h6,10,17H,5,7H2,1-4H3. The number of thiophene rings is 1. The normalized spacial score (nSPS) is 12.9. The van der Waals surface area contributed by atoms with E-state index in [9.17, 15) is 0 Å². The first-order valence-electron chi connectivity index (χ1n) is 6.62. The number of hydrogen-bond acceptors (Lipinski definition) is 3. The lowest BCUT2D eigenvalue weighted by molar-refractivity contribution is 0.546. The monoisotopic (exact) mass is 375 g/mol. The van der Waals surface area contributed by atoms with E-state index in [1.807, 2.05) is 18.7 Å². The van der Waals surface area contributed by atoms with Gasteiger partial charge in [0.05, 0.1) is 20.2 Å². The van der Waals surface area contributed by atoms with E-state index in [1.54, 1.807) is 11.3 Å². The first kappa shape index (κ1) is 16.0. The number of hydrogen-bond donors (Lipinski definition) is 1. The van der Waals surface area contributed by atoms with Gasteiger partial charge in [-0.25, -0.2) is 0 Å². The number of aromatic nitrogens is 2. The summed E-state index contributed by atoms with van der Waals surface area (Å²) >= 11 is 11.8. The smallest absolute Gasteiger partial charge is 0.0847 e. The van der Waals surface area contributed by atoms with Crippen molar-refractivity contribution in [3.63, 3.8) is 0 Å². The fourth-order valence-corrected chi connectivity index (χ4v) is 4.15. The van der Waals surface area contributed by atoms with Crippen LogP contribution in [0.25, 0.3) is 0 Å². The van der Waals surface area contributed by atoms with Crippen molar-refractivity contribution in [2.24, 2.45) is 0 Å². The first-order valence-corrected chi connectivity index (χ1v) is 8.61. The molecule has 0 aromatic carbocycles. The second kappa shape index (κ2) is 6.60. The minimum atomic E-state index is 0.254. The van der Waals surface area contributed by atoms with Gasteiger partial charge in [0.25, 0.3) is 0 Å². The highest BCUT2D eigenvalue weighted by molar-refractivity contribution is 9.11. The fraction of sp³-hybridized carbons (Fsp3) is 0.500. The lowest BCUT2D eigenvalue weighted by atomic mass is 10.1. The summed E-state index contributed by atoms with van der Waals surface area (Å²) in [5.74, 6) is 0. The molecule has 0 spiro atoms. The van der Waals surface area contributed by atoms with E-state index in [0.717, 1.165) is 29.4 Å². The number of aryl methyl sites for hydroxylation is 3. The zero-order chi connectivity index (χ0) is 14.9. The average Bonchev–Trinajstić information content (AvgIpc) is 2.89. The Hall–Kier alpha value is -0.360. The van der Waals surface area contributed by atoms with Crippen LogP contribution in [0.15, 0.2) is 9.85 Å². The van der Waals surface area contributed by atoms with E-state index >= 15 is 0 Å². The van der Waals surface area contributed by atoms with Crippen molar-refractivity contribution in [3.05, 3.63) is 36.7 Å². The van der Waals surface area contributed by atoms with Crippen LogP contribution in [0.3, 0.4) is 0 Å². The molecule has 1 atom stereocenters. The predicted octanol–water partition coefficient (Wildman–Crippen LogP) is 4.50. The van der Waals surface area contributed by atoms with E-state index in [0.29, 0.717) is 0 Å². The third-order valence-electron chi connectivity index (χ3n) is 3.42. The van der Waals surface area contributed by atoms with Crippen LogP contribution in [-0.4, -0.2) is 16.8 Å². The molecule has 0 radical (unpaired) electrons. The third kappa shape index (κ3) is 3.11. The summed E-state index contributed by atoms with van der Waals surface area (Å²) in [4.78, 5) is 1.31. The zero-order valence-electron chi connectivity index (χ0n) is 12.1. The second-order valence-electron chi connectivity index (χ2n) is 4.81. The van der Waals surface area contributed by atoms with Gasteiger partial charge in [0.2, 0.25) is 0 Å². The summed E-state index contributed by atoms with van der Waals surface area (Å²) in [5, 5.41) is 8.66. The summed E-state index contributed by atoms with van der Waals surface area (Å²) in [6.07, 6.45) is 0.844. The Kier molecular flexibility index (Phi) is 5.29. The second-order valence-corrected chi connectivity index (χ2v) is 7.59. The molecule has 0 amide bonds. The highest BCUT2D eigenvalue weighted by Crippen LogP contribution is 2.34. The van der Waals surface area contributed by atoms with Gasteiger partial charge in [0.15, 0.2) is 0 Å². The van der Waals surface area contributed by atoms with Crippen molar-refractivity contribution in [3.8, 4) is 0 Å². The quantitative estimate of drug-likeness (QED) is 0.832. The van der Waals surface area contributed by atoms with Gasteiger partial charge in [-0.2, -0.15) is 5.10 Å². The molecule has 2 heterocycles. The molecule has 20 heavy (non-hydrogen) atoms. The van der Waals surface area contributed by atoms with E-state index in [1.165, 1.54) is 14.2 Å². The van der Waals surface area contributed by atoms with Crippen molar-refractivity contribution in [2.45, 2.75) is 39.8 Å². The minimum absolute atomic E-state index is 0.254. The molecular formula is C14H19BrClN3S. The van der Waals surface area contributed by atoms with E-state index < -0.39 is 0 Å². The van der Waals surface area contributed by atoms with Crippen LogP contribution in [0.1, 0.15) is 34.8 Å². The van der Waals surface area contributed by atoms with Crippen molar-refractivity contribution in [1.82, 2.24) is 15.1 Å². The van der Waals surface area contributed by atoms with Gasteiger partial charge >= 0.3 is 0 Å². The number of halogens is 2. The van der Waals surface area contributed by atoms with Gasteiger partial charge in [0.1, 0.15) is 0 Å². The first-order chi connectivity index (χ1) is 9.47. The lowest BCUT2D eigenvalue weighted by Gasteiger charge is -2.15. The molecule has 3 nitrogen and oxygen atoms in total. The minimum Gasteiger partial charge on any atom is -0.312 e. The SMILES string of the molecule is CCn1nc(C)c(Cl)c1CC(NC)c1cc(C)c(Br)s1. The molecule has 1 unspecified atom stereocenters. The van der Waals surface area contributed by atoms with E-state index in [4.69, 9.17) is 11.6 Å². The van der Waals surface area contributed by atoms with Crippen molar-refractivity contribution in [2.75, 3.05) is 7.05 Å². The third-order valence-corrected chi connectivity index (χ3v) is 6.16. The Morgan fingerprint density at radius 2 is 2.20 bits per heavy atom. The Bertz CT molecular complexity index is 586. The number of rotatable bonds is 5. The van der Waals surface area contributed by atoms with Crippen LogP contribution in [-0.2, 0) is 13.0 Å². The molecule has 0 bridgehead atoms. The van der Waals surface area contributed by atoms with E-state index in [2.05, 4.69) is 46.3 Å². The predicted molar refractivity (Wildman–Crippen MR) is 89.9 cm³/mol. The maximum absolute atomic E-state index is 6.40. The highest BCUT2D eigenvalue weighted by atomic mass is 79.9.